The van der Waals surface area contributed by atoms with Gasteiger partial charge in [0.1, 0.15) is 10.7 Å². The maximum Gasteiger partial charge on any atom is 1.00 e. The molecule has 0 amide bonds. The van der Waals surface area contributed by atoms with Gasteiger partial charge in [0.05, 0.1) is 12.0 Å². The van der Waals surface area contributed by atoms with Crippen molar-refractivity contribution < 1.29 is 48.8 Å². The molecule has 0 fully saturated rings. The first-order valence-corrected chi connectivity index (χ1v) is 3.23. The zero-order valence-electron chi connectivity index (χ0n) is 7.30. The number of aliphatic carboxylic acids is 1. The van der Waals surface area contributed by atoms with E-state index in [2.05, 4.69) is 4.42 Å². The van der Waals surface area contributed by atoms with Crippen LogP contribution in [0.3, 0.4) is 0 Å². The maximum atomic E-state index is 10.1. The van der Waals surface area contributed by atoms with Crippen molar-refractivity contribution in [2.75, 3.05) is 0 Å². The summed E-state index contributed by atoms with van der Waals surface area (Å²) < 4.78 is 4.62. The van der Waals surface area contributed by atoms with Crippen LogP contribution in [0.25, 0.3) is 6.08 Å². The number of carbonyl (C=O) groups excluding carboxylic acids is 1. The summed E-state index contributed by atoms with van der Waals surface area (Å²) in [5.41, 5.74) is 0. The van der Waals surface area contributed by atoms with Gasteiger partial charge in [-0.3, -0.25) is 10.1 Å². The molecule has 1 heterocycles. The van der Waals surface area contributed by atoms with Crippen molar-refractivity contribution in [1.82, 2.24) is 0 Å². The Morgan fingerprint density at radius 1 is 1.50 bits per heavy atom. The Balaban J connectivity index is 0.00000169. The van der Waals surface area contributed by atoms with Gasteiger partial charge in [-0.1, -0.05) is 0 Å². The van der Waals surface area contributed by atoms with Gasteiger partial charge < -0.3 is 14.3 Å². The van der Waals surface area contributed by atoms with E-state index in [9.17, 15) is 20.0 Å². The summed E-state index contributed by atoms with van der Waals surface area (Å²) in [4.78, 5) is 19.3. The molecule has 0 unspecified atom stereocenters. The van der Waals surface area contributed by atoms with Gasteiger partial charge in [-0.2, -0.15) is 0 Å². The van der Waals surface area contributed by atoms with Crippen LogP contribution >= 0.6 is 0 Å². The number of hydrogen-bond acceptors (Lipinski definition) is 5. The average Bonchev–Trinajstić information content (AvgIpc) is 2.48. The second-order valence-electron chi connectivity index (χ2n) is 2.09. The van der Waals surface area contributed by atoms with Crippen molar-refractivity contribution in [1.29, 1.82) is 0 Å². The minimum atomic E-state index is -1.39. The van der Waals surface area contributed by atoms with E-state index >= 15 is 0 Å². The fourth-order valence-corrected chi connectivity index (χ4v) is 0.680. The Hall–Kier alpha value is -1.11. The fourth-order valence-electron chi connectivity index (χ4n) is 0.680. The zero-order chi connectivity index (χ0) is 9.84. The van der Waals surface area contributed by atoms with E-state index in [1.165, 1.54) is 6.07 Å². The summed E-state index contributed by atoms with van der Waals surface area (Å²) in [6.07, 6.45) is 1.80. The largest absolute Gasteiger partial charge is 1.00 e. The zero-order valence-corrected chi connectivity index (χ0v) is 9.30. The summed E-state index contributed by atoms with van der Waals surface area (Å²) in [6, 6.07) is 2.42. The van der Waals surface area contributed by atoms with Crippen LogP contribution in [-0.4, -0.2) is 10.9 Å². The van der Waals surface area contributed by atoms with E-state index < -0.39 is 16.8 Å². The first kappa shape index (κ1) is 12.9. The van der Waals surface area contributed by atoms with Crippen molar-refractivity contribution in [3.8, 4) is 0 Å². The molecular weight excluding hydrogens is 201 g/mol. The van der Waals surface area contributed by atoms with Gasteiger partial charge in [0, 0.05) is 0 Å². The van der Waals surface area contributed by atoms with Crippen molar-refractivity contribution >= 4 is 17.9 Å². The van der Waals surface area contributed by atoms with Crippen molar-refractivity contribution in [2.24, 2.45) is 0 Å². The summed E-state index contributed by atoms with van der Waals surface area (Å²) in [6.45, 7) is 0. The summed E-state index contributed by atoms with van der Waals surface area (Å²) >= 11 is 0. The molecule has 14 heavy (non-hydrogen) atoms. The van der Waals surface area contributed by atoms with Crippen molar-refractivity contribution in [2.45, 2.75) is 0 Å². The molecule has 1 aromatic rings. The Kier molecular flexibility index (Phi) is 5.14. The standard InChI is InChI=1S/C7H5NO5.Na/c9-7(10)4-2-5-1-3-6(13-5)8(11)12;/h1-4H,(H,9,10);/q;+1/p-1/b4-2+;. The predicted octanol–water partition coefficient (Wildman–Crippen LogP) is -3.05. The van der Waals surface area contributed by atoms with Gasteiger partial charge in [-0.25, -0.2) is 0 Å². The van der Waals surface area contributed by atoms with Gasteiger partial charge in [0.25, 0.3) is 0 Å². The molecule has 0 aliphatic rings. The Morgan fingerprint density at radius 2 is 2.14 bits per heavy atom. The van der Waals surface area contributed by atoms with Crippen LogP contribution in [0.4, 0.5) is 5.88 Å². The third kappa shape index (κ3) is 3.73. The van der Waals surface area contributed by atoms with Gasteiger partial charge in [0.2, 0.25) is 0 Å². The molecule has 0 atom stereocenters. The van der Waals surface area contributed by atoms with E-state index in [1.54, 1.807) is 0 Å². The minimum Gasteiger partial charge on any atom is -0.545 e. The summed E-state index contributed by atoms with van der Waals surface area (Å²) in [7, 11) is 0. The molecule has 0 saturated heterocycles. The normalized spacial score (nSPS) is 9.71. The van der Waals surface area contributed by atoms with Crippen molar-refractivity contribution in [3.63, 3.8) is 0 Å². The molecule has 1 rings (SSSR count). The topological polar surface area (TPSA) is 96.4 Å². The first-order chi connectivity index (χ1) is 6.09. The second kappa shape index (κ2) is 5.58. The third-order valence-corrected chi connectivity index (χ3v) is 1.18. The number of carboxylic acid groups (broad SMARTS) is 1. The monoisotopic (exact) mass is 205 g/mol. The number of nitrogens with zero attached hydrogens (tertiary/aromatic N) is 1. The molecule has 0 N–H and O–H groups in total. The minimum absolute atomic E-state index is 0. The third-order valence-electron chi connectivity index (χ3n) is 1.18. The molecule has 1 aromatic heterocycles. The van der Waals surface area contributed by atoms with E-state index in [1.807, 2.05) is 0 Å². The van der Waals surface area contributed by atoms with Gasteiger partial charge in [0.15, 0.2) is 0 Å². The van der Waals surface area contributed by atoms with Crippen LogP contribution in [0.2, 0.25) is 0 Å². The maximum absolute atomic E-state index is 10.1. The second-order valence-corrected chi connectivity index (χ2v) is 2.09. The summed E-state index contributed by atoms with van der Waals surface area (Å²) in [5.74, 6) is -1.73. The number of nitro groups is 1. The fraction of sp³-hybridized carbons (Fsp3) is 0. The Bertz CT molecular complexity index is 370. The van der Waals surface area contributed by atoms with E-state index in [0.717, 1.165) is 18.2 Å². The van der Waals surface area contributed by atoms with E-state index in [4.69, 9.17) is 0 Å². The Morgan fingerprint density at radius 3 is 2.57 bits per heavy atom. The van der Waals surface area contributed by atoms with Crippen LogP contribution in [0.5, 0.6) is 0 Å². The molecule has 0 radical (unpaired) electrons. The molecule has 68 valence electrons. The molecule has 0 aliphatic heterocycles. The smallest absolute Gasteiger partial charge is 0.545 e. The molecule has 0 aliphatic carbocycles. The molecular formula is C7H4NNaO5. The van der Waals surface area contributed by atoms with Gasteiger partial charge in [-0.15, -0.1) is 0 Å². The van der Waals surface area contributed by atoms with Crippen LogP contribution < -0.4 is 34.7 Å². The van der Waals surface area contributed by atoms with Crippen LogP contribution in [0.15, 0.2) is 22.6 Å². The number of furan rings is 1. The molecule has 0 bridgehead atoms. The van der Waals surface area contributed by atoms with Crippen LogP contribution in [0.1, 0.15) is 5.76 Å². The van der Waals surface area contributed by atoms with Gasteiger partial charge in [-0.05, 0) is 18.2 Å². The Labute approximate surface area is 101 Å². The van der Waals surface area contributed by atoms with Crippen LogP contribution in [0, 0.1) is 10.1 Å². The molecule has 0 aromatic carbocycles. The number of carboxylic acids is 1. The first-order valence-electron chi connectivity index (χ1n) is 3.23. The molecule has 7 heteroatoms. The molecule has 6 nitrogen and oxygen atoms in total. The van der Waals surface area contributed by atoms with Gasteiger partial charge >= 0.3 is 35.4 Å². The molecule has 0 spiro atoms. The quantitative estimate of drug-likeness (QED) is 0.226. The number of hydrogen-bond donors (Lipinski definition) is 0. The number of rotatable bonds is 3. The van der Waals surface area contributed by atoms with E-state index in [-0.39, 0.29) is 35.3 Å². The van der Waals surface area contributed by atoms with Crippen molar-refractivity contribution in [3.05, 3.63) is 34.1 Å². The number of carbonyl (C=O) groups is 1. The SMILES string of the molecule is O=C([O-])/C=C/c1ccc([N+](=O)[O-])o1.[Na+]. The van der Waals surface area contributed by atoms with Crippen LogP contribution in [-0.2, 0) is 4.79 Å². The summed E-state index contributed by atoms with van der Waals surface area (Å²) in [5, 5.41) is 20.1. The predicted molar refractivity (Wildman–Crippen MR) is 39.4 cm³/mol. The average molecular weight is 205 g/mol. The molecule has 0 saturated carbocycles. The van der Waals surface area contributed by atoms with E-state index in [0.29, 0.717) is 0 Å².